The summed E-state index contributed by atoms with van der Waals surface area (Å²) in [6, 6.07) is 12.6. The number of aryl methyl sites for hydroxylation is 1. The lowest BCUT2D eigenvalue weighted by atomic mass is 9.79. The maximum Gasteiger partial charge on any atom is 0.252 e. The Hall–Kier alpha value is -2.44. The zero-order valence-electron chi connectivity index (χ0n) is 15.7. The molecule has 27 heavy (non-hydrogen) atoms. The fourth-order valence-corrected chi connectivity index (χ4v) is 4.58. The van der Waals surface area contributed by atoms with Gasteiger partial charge in [0, 0.05) is 37.8 Å². The van der Waals surface area contributed by atoms with E-state index in [1.165, 1.54) is 11.1 Å². The lowest BCUT2D eigenvalue weighted by Crippen LogP contribution is -2.44. The summed E-state index contributed by atoms with van der Waals surface area (Å²) < 4.78 is 0. The summed E-state index contributed by atoms with van der Waals surface area (Å²) in [6.45, 7) is 4.93. The highest BCUT2D eigenvalue weighted by Gasteiger charge is 2.37. The maximum absolute atomic E-state index is 11.7. The Morgan fingerprint density at radius 2 is 1.96 bits per heavy atom. The number of hydrogen-bond donors (Lipinski definition) is 3. The van der Waals surface area contributed by atoms with Crippen molar-refractivity contribution in [1.82, 2.24) is 15.8 Å². The predicted octanol–water partition coefficient (Wildman–Crippen LogP) is 1.97. The largest absolute Gasteiger partial charge is 0.365 e. The summed E-state index contributed by atoms with van der Waals surface area (Å²) in [7, 11) is 0. The van der Waals surface area contributed by atoms with Crippen LogP contribution in [-0.2, 0) is 0 Å². The van der Waals surface area contributed by atoms with Crippen LogP contribution < -0.4 is 21.5 Å². The number of anilines is 1. The van der Waals surface area contributed by atoms with Gasteiger partial charge < -0.3 is 10.6 Å². The summed E-state index contributed by atoms with van der Waals surface area (Å²) >= 11 is 0. The molecule has 6 heteroatoms. The van der Waals surface area contributed by atoms with Crippen molar-refractivity contribution in [1.29, 1.82) is 0 Å². The van der Waals surface area contributed by atoms with Crippen LogP contribution in [0.5, 0.6) is 0 Å². The van der Waals surface area contributed by atoms with Gasteiger partial charge in [-0.15, -0.1) is 0 Å². The minimum atomic E-state index is -0.415. The highest BCUT2D eigenvalue weighted by atomic mass is 16.1. The van der Waals surface area contributed by atoms with E-state index < -0.39 is 5.91 Å². The first-order valence-electron chi connectivity index (χ1n) is 9.69. The molecule has 2 aliphatic rings. The molecular weight excluding hydrogens is 338 g/mol. The lowest BCUT2D eigenvalue weighted by molar-refractivity contribution is 0.100. The zero-order valence-corrected chi connectivity index (χ0v) is 15.7. The van der Waals surface area contributed by atoms with Crippen LogP contribution in [0.15, 0.2) is 42.6 Å². The van der Waals surface area contributed by atoms with E-state index in [0.717, 1.165) is 38.3 Å². The third-order valence-electron chi connectivity index (χ3n) is 6.01. The van der Waals surface area contributed by atoms with Crippen LogP contribution in [0.25, 0.3) is 0 Å². The first-order chi connectivity index (χ1) is 13.1. The average molecular weight is 365 g/mol. The highest BCUT2D eigenvalue weighted by molar-refractivity contribution is 5.97. The van der Waals surface area contributed by atoms with E-state index in [-0.39, 0.29) is 0 Å². The number of pyridine rings is 1. The topological polar surface area (TPSA) is 83.3 Å². The molecule has 0 radical (unpaired) electrons. The molecule has 2 aliphatic heterocycles. The van der Waals surface area contributed by atoms with Crippen molar-refractivity contribution in [3.05, 3.63) is 59.3 Å². The molecular formula is C21H27N5O. The smallest absolute Gasteiger partial charge is 0.252 e. The summed E-state index contributed by atoms with van der Waals surface area (Å²) in [5.41, 5.74) is 15.7. The van der Waals surface area contributed by atoms with Gasteiger partial charge in [-0.25, -0.2) is 4.98 Å². The number of hydrazine groups is 1. The number of amides is 1. The molecule has 142 valence electrons. The van der Waals surface area contributed by atoms with Crippen molar-refractivity contribution in [2.45, 2.75) is 31.7 Å². The third kappa shape index (κ3) is 3.55. The van der Waals surface area contributed by atoms with Crippen LogP contribution in [0.3, 0.4) is 0 Å². The van der Waals surface area contributed by atoms with Crippen molar-refractivity contribution < 1.29 is 4.79 Å². The molecule has 1 aromatic heterocycles. The Bertz CT molecular complexity index is 816. The minimum absolute atomic E-state index is 0.415. The number of carbonyl (C=O) groups is 1. The van der Waals surface area contributed by atoms with Gasteiger partial charge in [-0.1, -0.05) is 24.3 Å². The molecule has 2 aromatic rings. The molecule has 2 atom stereocenters. The number of nitrogens with zero attached hydrogens (tertiary/aromatic N) is 2. The second kappa shape index (κ2) is 7.66. The van der Waals surface area contributed by atoms with Gasteiger partial charge in [-0.3, -0.25) is 15.6 Å². The molecule has 2 saturated heterocycles. The van der Waals surface area contributed by atoms with Gasteiger partial charge in [0.25, 0.3) is 5.91 Å². The molecule has 3 heterocycles. The van der Waals surface area contributed by atoms with Gasteiger partial charge in [-0.2, -0.15) is 0 Å². The van der Waals surface area contributed by atoms with Crippen molar-refractivity contribution in [3.8, 4) is 0 Å². The first kappa shape index (κ1) is 17.9. The molecule has 0 bridgehead atoms. The fraction of sp³-hybridized carbons (Fsp3) is 0.429. The van der Waals surface area contributed by atoms with Gasteiger partial charge in [0.2, 0.25) is 0 Å². The van der Waals surface area contributed by atoms with E-state index in [9.17, 15) is 4.79 Å². The number of hydrogen-bond acceptors (Lipinski definition) is 5. The number of primary amides is 1. The van der Waals surface area contributed by atoms with E-state index in [4.69, 9.17) is 5.73 Å². The van der Waals surface area contributed by atoms with Crippen LogP contribution in [0.1, 0.15) is 40.2 Å². The SMILES string of the molecule is Cc1ccccc1C1CNNC1C1CCN(c2ncccc2C(N)=O)CC1. The summed E-state index contributed by atoms with van der Waals surface area (Å²) in [6.07, 6.45) is 3.86. The second-order valence-corrected chi connectivity index (χ2v) is 7.58. The number of piperidine rings is 1. The number of benzene rings is 1. The van der Waals surface area contributed by atoms with Gasteiger partial charge >= 0.3 is 0 Å². The molecule has 6 nitrogen and oxygen atoms in total. The quantitative estimate of drug-likeness (QED) is 0.772. The molecule has 0 spiro atoms. The molecule has 1 amide bonds. The maximum atomic E-state index is 11.7. The Balaban J connectivity index is 1.47. The normalized spacial score (nSPS) is 23.5. The van der Waals surface area contributed by atoms with Crippen LogP contribution in [-0.4, -0.2) is 36.6 Å². The van der Waals surface area contributed by atoms with Crippen molar-refractivity contribution in [2.75, 3.05) is 24.5 Å². The van der Waals surface area contributed by atoms with Crippen LogP contribution >= 0.6 is 0 Å². The number of nitrogens with one attached hydrogen (secondary N) is 2. The Morgan fingerprint density at radius 1 is 1.19 bits per heavy atom. The molecule has 2 unspecified atom stereocenters. The molecule has 1 aromatic carbocycles. The molecule has 2 fully saturated rings. The Morgan fingerprint density at radius 3 is 2.70 bits per heavy atom. The first-order valence-corrected chi connectivity index (χ1v) is 9.69. The number of carbonyl (C=O) groups excluding carboxylic acids is 1. The van der Waals surface area contributed by atoms with Gasteiger partial charge in [0.1, 0.15) is 5.82 Å². The Labute approximate surface area is 160 Å². The van der Waals surface area contributed by atoms with Crippen LogP contribution in [0.4, 0.5) is 5.82 Å². The highest BCUT2D eigenvalue weighted by Crippen LogP contribution is 2.34. The minimum Gasteiger partial charge on any atom is -0.365 e. The summed E-state index contributed by atoms with van der Waals surface area (Å²) in [4.78, 5) is 18.3. The van der Waals surface area contributed by atoms with E-state index in [0.29, 0.717) is 23.4 Å². The molecule has 0 saturated carbocycles. The standard InChI is InChI=1S/C21H27N5O/c1-14-5-2-3-6-16(14)18-13-24-25-19(18)15-8-11-26(12-9-15)21-17(20(22)27)7-4-10-23-21/h2-7,10,15,18-19,24-25H,8-9,11-13H2,1H3,(H2,22,27). The average Bonchev–Trinajstić information content (AvgIpc) is 3.18. The lowest BCUT2D eigenvalue weighted by Gasteiger charge is -2.37. The van der Waals surface area contributed by atoms with Gasteiger partial charge in [0.05, 0.1) is 5.56 Å². The second-order valence-electron chi connectivity index (χ2n) is 7.58. The summed E-state index contributed by atoms with van der Waals surface area (Å²) in [5.74, 6) is 1.37. The van der Waals surface area contributed by atoms with E-state index in [1.807, 2.05) is 0 Å². The van der Waals surface area contributed by atoms with Crippen LogP contribution in [0.2, 0.25) is 0 Å². The molecule has 0 aliphatic carbocycles. The molecule has 4 N–H and O–H groups in total. The Kier molecular flexibility index (Phi) is 5.09. The van der Waals surface area contributed by atoms with Gasteiger partial charge in [0.15, 0.2) is 0 Å². The molecule has 4 rings (SSSR count). The summed E-state index contributed by atoms with van der Waals surface area (Å²) in [5, 5.41) is 0. The third-order valence-corrected chi connectivity index (χ3v) is 6.01. The zero-order chi connectivity index (χ0) is 18.8. The number of nitrogens with two attached hydrogens (primary N) is 1. The van der Waals surface area contributed by atoms with Crippen molar-refractivity contribution in [2.24, 2.45) is 11.7 Å². The van der Waals surface area contributed by atoms with E-state index in [1.54, 1.807) is 18.3 Å². The monoisotopic (exact) mass is 365 g/mol. The van der Waals surface area contributed by atoms with Gasteiger partial charge in [-0.05, 0) is 48.9 Å². The number of aromatic nitrogens is 1. The van der Waals surface area contributed by atoms with E-state index in [2.05, 4.69) is 51.9 Å². The van der Waals surface area contributed by atoms with Crippen molar-refractivity contribution >= 4 is 11.7 Å². The predicted molar refractivity (Wildman–Crippen MR) is 107 cm³/mol. The van der Waals surface area contributed by atoms with Crippen LogP contribution in [0, 0.1) is 12.8 Å². The number of rotatable bonds is 4. The van der Waals surface area contributed by atoms with E-state index >= 15 is 0 Å². The van der Waals surface area contributed by atoms with Crippen molar-refractivity contribution in [3.63, 3.8) is 0 Å². The fourth-order valence-electron chi connectivity index (χ4n) is 4.58.